The van der Waals surface area contributed by atoms with Crippen molar-refractivity contribution in [1.29, 1.82) is 5.26 Å². The minimum Gasteiger partial charge on any atom is -0.366 e. The van der Waals surface area contributed by atoms with Crippen LogP contribution in [0.15, 0.2) is 12.1 Å². The molecule has 0 spiro atoms. The van der Waals surface area contributed by atoms with Crippen molar-refractivity contribution in [3.05, 3.63) is 29.1 Å². The van der Waals surface area contributed by atoms with Gasteiger partial charge in [0.05, 0.1) is 23.7 Å². The summed E-state index contributed by atoms with van der Waals surface area (Å²) >= 11 is 0. The Labute approximate surface area is 116 Å². The zero-order chi connectivity index (χ0) is 14.9. The number of nitrogens with one attached hydrogen (secondary N) is 1. The van der Waals surface area contributed by atoms with E-state index in [-0.39, 0.29) is 12.0 Å². The molecule has 5 N–H and O–H groups in total. The quantitative estimate of drug-likeness (QED) is 0.537. The fraction of sp³-hybridized carbons (Fsp3) is 0.385. The van der Waals surface area contributed by atoms with Crippen LogP contribution in [0.3, 0.4) is 0 Å². The van der Waals surface area contributed by atoms with E-state index in [1.165, 1.54) is 0 Å². The van der Waals surface area contributed by atoms with E-state index in [2.05, 4.69) is 11.5 Å². The van der Waals surface area contributed by atoms with Crippen molar-refractivity contribution in [2.24, 2.45) is 11.6 Å². The zero-order valence-corrected chi connectivity index (χ0v) is 11.1. The molecular formula is C13H16FN5O. The van der Waals surface area contributed by atoms with Gasteiger partial charge in [-0.05, 0) is 24.6 Å². The molecule has 7 heteroatoms. The van der Waals surface area contributed by atoms with E-state index >= 15 is 0 Å². The van der Waals surface area contributed by atoms with Crippen molar-refractivity contribution in [3.8, 4) is 6.07 Å². The van der Waals surface area contributed by atoms with Crippen molar-refractivity contribution in [1.82, 2.24) is 5.43 Å². The molecule has 1 aliphatic rings. The maximum atomic E-state index is 14.0. The van der Waals surface area contributed by atoms with Gasteiger partial charge in [-0.15, -0.1) is 0 Å². The average molecular weight is 277 g/mol. The SMILES string of the molecule is Cc1cc(N2CC(CC#N)(NN)C2)c(F)cc1C(N)=O. The Kier molecular flexibility index (Phi) is 3.61. The summed E-state index contributed by atoms with van der Waals surface area (Å²) in [6.45, 7) is 2.57. The number of hydrogen-bond donors (Lipinski definition) is 3. The number of nitrogens with two attached hydrogens (primary N) is 2. The zero-order valence-electron chi connectivity index (χ0n) is 11.1. The summed E-state index contributed by atoms with van der Waals surface area (Å²) in [5.41, 5.74) is 8.47. The van der Waals surface area contributed by atoms with Crippen molar-refractivity contribution in [2.75, 3.05) is 18.0 Å². The lowest BCUT2D eigenvalue weighted by Gasteiger charge is -2.50. The molecule has 2 rings (SSSR count). The van der Waals surface area contributed by atoms with Gasteiger partial charge in [0, 0.05) is 18.7 Å². The topological polar surface area (TPSA) is 108 Å². The number of carbonyl (C=O) groups excluding carboxylic acids is 1. The first kappa shape index (κ1) is 14.2. The highest BCUT2D eigenvalue weighted by molar-refractivity contribution is 5.94. The van der Waals surface area contributed by atoms with Gasteiger partial charge in [0.2, 0.25) is 5.91 Å². The highest BCUT2D eigenvalue weighted by Crippen LogP contribution is 2.32. The summed E-state index contributed by atoms with van der Waals surface area (Å²) in [6, 6.07) is 4.79. The molecule has 1 aromatic rings. The summed E-state index contributed by atoms with van der Waals surface area (Å²) < 4.78 is 14.0. The normalized spacial score (nSPS) is 16.4. The molecule has 1 heterocycles. The van der Waals surface area contributed by atoms with Gasteiger partial charge in [0.25, 0.3) is 0 Å². The number of carbonyl (C=O) groups is 1. The second-order valence-corrected chi connectivity index (χ2v) is 5.10. The minimum atomic E-state index is -0.654. The van der Waals surface area contributed by atoms with Crippen LogP contribution >= 0.6 is 0 Å². The summed E-state index contributed by atoms with van der Waals surface area (Å²) in [5, 5.41) is 8.76. The number of nitriles is 1. The Hall–Kier alpha value is -2.17. The molecule has 0 aromatic heterocycles. The van der Waals surface area contributed by atoms with Gasteiger partial charge < -0.3 is 10.6 Å². The molecule has 0 radical (unpaired) electrons. The molecule has 0 atom stereocenters. The van der Waals surface area contributed by atoms with Crippen LogP contribution in [0.2, 0.25) is 0 Å². The van der Waals surface area contributed by atoms with Gasteiger partial charge >= 0.3 is 0 Å². The molecule has 1 amide bonds. The van der Waals surface area contributed by atoms with E-state index in [9.17, 15) is 9.18 Å². The summed E-state index contributed by atoms with van der Waals surface area (Å²) in [7, 11) is 0. The molecule has 1 saturated heterocycles. The third-order valence-corrected chi connectivity index (χ3v) is 3.61. The van der Waals surface area contributed by atoms with Gasteiger partial charge in [0.1, 0.15) is 5.82 Å². The fourth-order valence-corrected chi connectivity index (χ4v) is 2.43. The number of benzene rings is 1. The highest BCUT2D eigenvalue weighted by atomic mass is 19.1. The fourth-order valence-electron chi connectivity index (χ4n) is 2.43. The molecule has 106 valence electrons. The van der Waals surface area contributed by atoms with E-state index in [0.29, 0.717) is 24.3 Å². The summed E-state index contributed by atoms with van der Waals surface area (Å²) in [4.78, 5) is 12.9. The molecule has 0 bridgehead atoms. The van der Waals surface area contributed by atoms with Gasteiger partial charge in [-0.2, -0.15) is 5.26 Å². The van der Waals surface area contributed by atoms with E-state index in [1.54, 1.807) is 17.9 Å². The first-order chi connectivity index (χ1) is 9.42. The average Bonchev–Trinajstić information content (AvgIpc) is 2.35. The molecule has 0 aliphatic carbocycles. The second-order valence-electron chi connectivity index (χ2n) is 5.10. The van der Waals surface area contributed by atoms with Crippen LogP contribution in [0.25, 0.3) is 0 Å². The lowest BCUT2D eigenvalue weighted by Crippen LogP contribution is -2.71. The summed E-state index contributed by atoms with van der Waals surface area (Å²) in [6.07, 6.45) is 0.250. The standard InChI is InChI=1S/C13H16FN5O/c1-8-4-11(10(14)5-9(8)12(16)20)19-6-13(7-19,18-17)2-3-15/h4-5,18H,2,6-7,17H2,1H3,(H2,16,20). The Balaban J connectivity index is 2.23. The number of aryl methyl sites for hydroxylation is 1. The Morgan fingerprint density at radius 2 is 2.25 bits per heavy atom. The molecule has 0 unspecified atom stereocenters. The number of hydrogen-bond acceptors (Lipinski definition) is 5. The second kappa shape index (κ2) is 5.07. The molecule has 6 nitrogen and oxygen atoms in total. The largest absolute Gasteiger partial charge is 0.366 e. The first-order valence-corrected chi connectivity index (χ1v) is 6.12. The van der Waals surface area contributed by atoms with Crippen LogP contribution in [0.1, 0.15) is 22.3 Å². The number of amides is 1. The number of nitrogens with zero attached hydrogens (tertiary/aromatic N) is 2. The van der Waals surface area contributed by atoms with Crippen molar-refractivity contribution in [3.63, 3.8) is 0 Å². The lowest BCUT2D eigenvalue weighted by molar-refractivity contribution is 0.0999. The Bertz CT molecular complexity index is 589. The van der Waals surface area contributed by atoms with E-state index in [4.69, 9.17) is 16.8 Å². The highest BCUT2D eigenvalue weighted by Gasteiger charge is 2.43. The summed E-state index contributed by atoms with van der Waals surface area (Å²) in [5.74, 6) is 4.28. The van der Waals surface area contributed by atoms with Crippen LogP contribution < -0.4 is 21.9 Å². The predicted molar refractivity (Wildman–Crippen MR) is 72.2 cm³/mol. The van der Waals surface area contributed by atoms with Gasteiger partial charge in [-0.25, -0.2) is 9.82 Å². The van der Waals surface area contributed by atoms with Crippen LogP contribution in [-0.2, 0) is 0 Å². The van der Waals surface area contributed by atoms with Gasteiger partial charge in [-0.3, -0.25) is 10.6 Å². The minimum absolute atomic E-state index is 0.173. The predicted octanol–water partition coefficient (Wildman–Crippen LogP) is 0.169. The van der Waals surface area contributed by atoms with Crippen LogP contribution in [-0.4, -0.2) is 24.5 Å². The molecule has 0 saturated carbocycles. The number of rotatable bonds is 4. The third kappa shape index (κ3) is 2.31. The van der Waals surface area contributed by atoms with E-state index < -0.39 is 17.3 Å². The van der Waals surface area contributed by atoms with Crippen molar-refractivity contribution < 1.29 is 9.18 Å². The smallest absolute Gasteiger partial charge is 0.249 e. The Morgan fingerprint density at radius 1 is 1.60 bits per heavy atom. The monoisotopic (exact) mass is 277 g/mol. The van der Waals surface area contributed by atoms with Crippen LogP contribution in [0, 0.1) is 24.1 Å². The maximum Gasteiger partial charge on any atom is 0.249 e. The maximum absolute atomic E-state index is 14.0. The van der Waals surface area contributed by atoms with Crippen LogP contribution in [0.4, 0.5) is 10.1 Å². The van der Waals surface area contributed by atoms with E-state index in [0.717, 1.165) is 6.07 Å². The molecule has 20 heavy (non-hydrogen) atoms. The first-order valence-electron chi connectivity index (χ1n) is 6.12. The number of primary amides is 1. The van der Waals surface area contributed by atoms with Crippen molar-refractivity contribution in [2.45, 2.75) is 18.9 Å². The molecule has 1 fully saturated rings. The van der Waals surface area contributed by atoms with Gasteiger partial charge in [-0.1, -0.05) is 0 Å². The van der Waals surface area contributed by atoms with Crippen molar-refractivity contribution >= 4 is 11.6 Å². The Morgan fingerprint density at radius 3 is 2.75 bits per heavy atom. The lowest BCUT2D eigenvalue weighted by atomic mass is 9.86. The van der Waals surface area contributed by atoms with Gasteiger partial charge in [0.15, 0.2) is 0 Å². The number of anilines is 1. The number of halogens is 1. The third-order valence-electron chi connectivity index (χ3n) is 3.61. The van der Waals surface area contributed by atoms with Crippen LogP contribution in [0.5, 0.6) is 0 Å². The van der Waals surface area contributed by atoms with E-state index in [1.807, 2.05) is 0 Å². The molecule has 1 aliphatic heterocycles. The number of hydrazine groups is 1. The molecule has 1 aromatic carbocycles. The molecular weight excluding hydrogens is 261 g/mol.